The van der Waals surface area contributed by atoms with Crippen LogP contribution in [0.2, 0.25) is 0 Å². The zero-order valence-electron chi connectivity index (χ0n) is 16.5. The van der Waals surface area contributed by atoms with Crippen molar-refractivity contribution < 1.29 is 9.47 Å². The monoisotopic (exact) mass is 400 g/mol. The van der Waals surface area contributed by atoms with E-state index in [0.717, 1.165) is 35.7 Å². The molecule has 7 heteroatoms. The van der Waals surface area contributed by atoms with Crippen LogP contribution in [0.4, 0.5) is 0 Å². The Morgan fingerprint density at radius 1 is 1.14 bits per heavy atom. The van der Waals surface area contributed by atoms with E-state index in [1.54, 1.807) is 0 Å². The SMILES string of the molecule is CCCOc1ccc(/C=N/N2C(S)NNC2c2cccc(OC(C)C)c2)cc1. The number of nitrogens with one attached hydrogen (secondary N) is 2. The van der Waals surface area contributed by atoms with Gasteiger partial charge < -0.3 is 9.47 Å². The third-order valence-corrected chi connectivity index (χ3v) is 4.47. The zero-order valence-corrected chi connectivity index (χ0v) is 17.4. The van der Waals surface area contributed by atoms with Crippen molar-refractivity contribution >= 4 is 18.8 Å². The summed E-state index contributed by atoms with van der Waals surface area (Å²) in [5, 5.41) is 6.51. The molecular weight excluding hydrogens is 372 g/mol. The van der Waals surface area contributed by atoms with Gasteiger partial charge in [-0.2, -0.15) is 5.10 Å². The first-order valence-electron chi connectivity index (χ1n) is 9.57. The van der Waals surface area contributed by atoms with E-state index in [2.05, 4.69) is 35.5 Å². The van der Waals surface area contributed by atoms with Crippen molar-refractivity contribution in [2.45, 2.75) is 45.0 Å². The molecule has 2 atom stereocenters. The van der Waals surface area contributed by atoms with Crippen LogP contribution >= 0.6 is 12.6 Å². The molecule has 1 fully saturated rings. The van der Waals surface area contributed by atoms with Crippen molar-refractivity contribution in [3.8, 4) is 11.5 Å². The van der Waals surface area contributed by atoms with Gasteiger partial charge in [0.2, 0.25) is 0 Å². The van der Waals surface area contributed by atoms with Crippen molar-refractivity contribution in [3.05, 3.63) is 59.7 Å². The smallest absolute Gasteiger partial charge is 0.156 e. The zero-order chi connectivity index (χ0) is 19.9. The fraction of sp³-hybridized carbons (Fsp3) is 0.381. The molecule has 1 heterocycles. The molecule has 0 amide bonds. The van der Waals surface area contributed by atoms with Crippen LogP contribution in [0.5, 0.6) is 11.5 Å². The van der Waals surface area contributed by atoms with Crippen LogP contribution < -0.4 is 20.3 Å². The molecule has 0 bridgehead atoms. The fourth-order valence-electron chi connectivity index (χ4n) is 2.83. The van der Waals surface area contributed by atoms with Crippen molar-refractivity contribution in [2.24, 2.45) is 5.10 Å². The number of ether oxygens (including phenoxy) is 2. The summed E-state index contributed by atoms with van der Waals surface area (Å²) in [7, 11) is 0. The third kappa shape index (κ3) is 5.41. The molecule has 2 N–H and O–H groups in total. The fourth-order valence-corrected chi connectivity index (χ4v) is 3.09. The summed E-state index contributed by atoms with van der Waals surface area (Å²) < 4.78 is 11.4. The average molecular weight is 401 g/mol. The lowest BCUT2D eigenvalue weighted by Gasteiger charge is -2.23. The van der Waals surface area contributed by atoms with Gasteiger partial charge in [-0.25, -0.2) is 15.9 Å². The molecule has 0 radical (unpaired) electrons. The second kappa shape index (κ2) is 9.82. The highest BCUT2D eigenvalue weighted by Crippen LogP contribution is 2.28. The maximum Gasteiger partial charge on any atom is 0.156 e. The topological polar surface area (TPSA) is 58.1 Å². The summed E-state index contributed by atoms with van der Waals surface area (Å²) in [5.74, 6) is 1.71. The molecule has 2 aromatic carbocycles. The molecule has 0 aromatic heterocycles. The van der Waals surface area contributed by atoms with Gasteiger partial charge in [-0.05, 0) is 67.8 Å². The lowest BCUT2D eigenvalue weighted by atomic mass is 10.1. The van der Waals surface area contributed by atoms with E-state index < -0.39 is 0 Å². The van der Waals surface area contributed by atoms with Crippen LogP contribution in [0.3, 0.4) is 0 Å². The lowest BCUT2D eigenvalue weighted by Crippen LogP contribution is -2.28. The first-order chi connectivity index (χ1) is 13.6. The van der Waals surface area contributed by atoms with E-state index >= 15 is 0 Å². The molecule has 2 unspecified atom stereocenters. The molecule has 0 saturated carbocycles. The van der Waals surface area contributed by atoms with Crippen LogP contribution in [-0.4, -0.2) is 29.4 Å². The molecule has 3 rings (SSSR count). The maximum atomic E-state index is 5.81. The van der Waals surface area contributed by atoms with Crippen LogP contribution in [0.15, 0.2) is 53.6 Å². The highest BCUT2D eigenvalue weighted by molar-refractivity contribution is 7.80. The van der Waals surface area contributed by atoms with Gasteiger partial charge in [0.05, 0.1) is 18.9 Å². The molecule has 6 nitrogen and oxygen atoms in total. The molecule has 150 valence electrons. The number of hydrazone groups is 1. The summed E-state index contributed by atoms with van der Waals surface area (Å²) in [4.78, 5) is 0. The Hall–Kier alpha value is -2.22. The first-order valence-corrected chi connectivity index (χ1v) is 10.1. The number of benzene rings is 2. The van der Waals surface area contributed by atoms with E-state index in [0.29, 0.717) is 0 Å². The normalized spacial score (nSPS) is 19.5. The van der Waals surface area contributed by atoms with Crippen molar-refractivity contribution in [1.29, 1.82) is 0 Å². The Morgan fingerprint density at radius 2 is 1.93 bits per heavy atom. The molecular formula is C21H28N4O2S. The standard InChI is InChI=1S/C21H28N4O2S/c1-4-12-26-18-10-8-16(9-11-18)14-22-25-20(23-24-21(25)28)17-6-5-7-19(13-17)27-15(2)3/h5-11,13-15,20-21,23-24,28H,4,12H2,1-3H3/b22-14+. The summed E-state index contributed by atoms with van der Waals surface area (Å²) in [5.41, 5.74) is 8.13. The first kappa shape index (κ1) is 20.5. The predicted octanol–water partition coefficient (Wildman–Crippen LogP) is 3.92. The van der Waals surface area contributed by atoms with Gasteiger partial charge in [-0.15, -0.1) is 12.6 Å². The number of thiol groups is 1. The molecule has 1 saturated heterocycles. The van der Waals surface area contributed by atoms with Crippen molar-refractivity contribution in [2.75, 3.05) is 6.61 Å². The summed E-state index contributed by atoms with van der Waals surface area (Å²) in [6.45, 7) is 6.84. The summed E-state index contributed by atoms with van der Waals surface area (Å²) in [6.07, 6.45) is 2.79. The third-order valence-electron chi connectivity index (χ3n) is 4.10. The van der Waals surface area contributed by atoms with Gasteiger partial charge in [-0.3, -0.25) is 0 Å². The number of hydrogen-bond acceptors (Lipinski definition) is 7. The van der Waals surface area contributed by atoms with Gasteiger partial charge in [0, 0.05) is 0 Å². The minimum absolute atomic E-state index is 0.126. The number of nitrogens with zero attached hydrogens (tertiary/aromatic N) is 2. The lowest BCUT2D eigenvalue weighted by molar-refractivity contribution is 0.234. The van der Waals surface area contributed by atoms with E-state index in [1.165, 1.54) is 0 Å². The van der Waals surface area contributed by atoms with Gasteiger partial charge in [0.25, 0.3) is 0 Å². The number of rotatable bonds is 8. The van der Waals surface area contributed by atoms with Crippen LogP contribution in [0, 0.1) is 0 Å². The van der Waals surface area contributed by atoms with Crippen molar-refractivity contribution in [3.63, 3.8) is 0 Å². The maximum absolute atomic E-state index is 5.81. The molecule has 28 heavy (non-hydrogen) atoms. The quantitative estimate of drug-likeness (QED) is 0.463. The summed E-state index contributed by atoms with van der Waals surface area (Å²) in [6, 6.07) is 15.9. The predicted molar refractivity (Wildman–Crippen MR) is 116 cm³/mol. The van der Waals surface area contributed by atoms with Gasteiger partial charge in [0.15, 0.2) is 5.50 Å². The van der Waals surface area contributed by atoms with Gasteiger partial charge in [-0.1, -0.05) is 19.1 Å². The molecule has 2 aromatic rings. The van der Waals surface area contributed by atoms with E-state index in [1.807, 2.05) is 73.6 Å². The van der Waals surface area contributed by atoms with Crippen LogP contribution in [-0.2, 0) is 0 Å². The Bertz CT molecular complexity index is 782. The minimum atomic E-state index is -0.247. The second-order valence-electron chi connectivity index (χ2n) is 6.85. The van der Waals surface area contributed by atoms with Crippen LogP contribution in [0.1, 0.15) is 44.5 Å². The molecule has 0 aliphatic carbocycles. The minimum Gasteiger partial charge on any atom is -0.494 e. The van der Waals surface area contributed by atoms with E-state index in [9.17, 15) is 0 Å². The number of hydrazine groups is 1. The Kier molecular flexibility index (Phi) is 7.19. The Morgan fingerprint density at radius 3 is 2.64 bits per heavy atom. The number of hydrogen-bond donors (Lipinski definition) is 3. The highest BCUT2D eigenvalue weighted by atomic mass is 32.1. The van der Waals surface area contributed by atoms with Crippen LogP contribution in [0.25, 0.3) is 0 Å². The average Bonchev–Trinajstić information content (AvgIpc) is 3.06. The molecule has 0 spiro atoms. The van der Waals surface area contributed by atoms with E-state index in [-0.39, 0.29) is 17.8 Å². The Balaban J connectivity index is 1.72. The highest BCUT2D eigenvalue weighted by Gasteiger charge is 2.30. The molecule has 1 aliphatic heterocycles. The summed E-state index contributed by atoms with van der Waals surface area (Å²) >= 11 is 4.57. The van der Waals surface area contributed by atoms with Gasteiger partial charge in [0.1, 0.15) is 17.7 Å². The molecule has 1 aliphatic rings. The largest absolute Gasteiger partial charge is 0.494 e. The second-order valence-corrected chi connectivity index (χ2v) is 7.34. The van der Waals surface area contributed by atoms with Crippen molar-refractivity contribution in [1.82, 2.24) is 15.9 Å². The van der Waals surface area contributed by atoms with Gasteiger partial charge >= 0.3 is 0 Å². The van der Waals surface area contributed by atoms with E-state index in [4.69, 9.17) is 9.47 Å². The Labute approximate surface area is 172 Å².